The highest BCUT2D eigenvalue weighted by atomic mass is 35.5. The Labute approximate surface area is 157 Å². The largest absolute Gasteiger partial charge is 0.497 e. The quantitative estimate of drug-likeness (QED) is 0.648. The third-order valence-electron chi connectivity index (χ3n) is 3.29. The molecule has 1 heterocycles. The highest BCUT2D eigenvalue weighted by Gasteiger charge is 2.12. The normalized spacial score (nSPS) is 10.6. The molecule has 0 bridgehead atoms. The molecule has 0 aliphatic carbocycles. The third kappa shape index (κ3) is 4.30. The number of nitrogens with one attached hydrogen (secondary N) is 1. The Hall–Kier alpha value is -2.65. The maximum Gasteiger partial charge on any atom is 0.234 e. The first-order chi connectivity index (χ1) is 12.6. The average molecular weight is 394 g/mol. The van der Waals surface area contributed by atoms with Crippen LogP contribution in [0.5, 0.6) is 5.75 Å². The van der Waals surface area contributed by atoms with Crippen molar-refractivity contribution in [2.45, 2.75) is 5.16 Å². The summed E-state index contributed by atoms with van der Waals surface area (Å²) in [6.45, 7) is 0. The highest BCUT2D eigenvalue weighted by Crippen LogP contribution is 2.22. The monoisotopic (exact) mass is 393 g/mol. The zero-order valence-electron chi connectivity index (χ0n) is 13.5. The molecule has 3 rings (SSSR count). The Morgan fingerprint density at radius 3 is 2.77 bits per heavy atom. The molecule has 1 amide bonds. The number of tetrazole rings is 1. The number of carbonyl (C=O) groups is 1. The molecule has 7 nitrogen and oxygen atoms in total. The zero-order chi connectivity index (χ0) is 18.5. The topological polar surface area (TPSA) is 81.9 Å². The van der Waals surface area contributed by atoms with Crippen molar-refractivity contribution in [1.29, 1.82) is 0 Å². The van der Waals surface area contributed by atoms with E-state index >= 15 is 0 Å². The minimum Gasteiger partial charge on any atom is -0.497 e. The SMILES string of the molecule is COc1ccc(-n2nnnc2SCC(=O)Nc2ccc(F)c(Cl)c2)cc1. The van der Waals surface area contributed by atoms with Crippen molar-refractivity contribution in [3.05, 3.63) is 53.3 Å². The number of ether oxygens (including phenoxy) is 1. The summed E-state index contributed by atoms with van der Waals surface area (Å²) in [6.07, 6.45) is 0. The number of halogens is 2. The van der Waals surface area contributed by atoms with Crippen LogP contribution >= 0.6 is 23.4 Å². The number of methoxy groups -OCH3 is 1. The molecule has 0 radical (unpaired) electrons. The Morgan fingerprint density at radius 1 is 1.31 bits per heavy atom. The number of amides is 1. The Balaban J connectivity index is 1.63. The summed E-state index contributed by atoms with van der Waals surface area (Å²) in [4.78, 5) is 12.1. The molecule has 2 aromatic carbocycles. The van der Waals surface area contributed by atoms with E-state index in [1.807, 2.05) is 0 Å². The van der Waals surface area contributed by atoms with Crippen molar-refractivity contribution in [3.8, 4) is 11.4 Å². The van der Waals surface area contributed by atoms with E-state index in [-0.39, 0.29) is 16.7 Å². The molecule has 134 valence electrons. The van der Waals surface area contributed by atoms with Gasteiger partial charge in [0.15, 0.2) is 0 Å². The first-order valence-electron chi connectivity index (χ1n) is 7.37. The van der Waals surface area contributed by atoms with E-state index in [4.69, 9.17) is 16.3 Å². The second-order valence-electron chi connectivity index (χ2n) is 5.04. The minimum absolute atomic E-state index is 0.0566. The van der Waals surface area contributed by atoms with Crippen LogP contribution in [0.1, 0.15) is 0 Å². The summed E-state index contributed by atoms with van der Waals surface area (Å²) in [6, 6.07) is 11.2. The van der Waals surface area contributed by atoms with Gasteiger partial charge in [-0.05, 0) is 52.9 Å². The van der Waals surface area contributed by atoms with Crippen LogP contribution in [-0.4, -0.2) is 39.0 Å². The lowest BCUT2D eigenvalue weighted by molar-refractivity contribution is -0.113. The van der Waals surface area contributed by atoms with E-state index in [1.54, 1.807) is 31.4 Å². The fraction of sp³-hybridized carbons (Fsp3) is 0.125. The Kier molecular flexibility index (Phi) is 5.69. The predicted octanol–water partition coefficient (Wildman–Crippen LogP) is 3.19. The van der Waals surface area contributed by atoms with Crippen LogP contribution in [0.25, 0.3) is 5.69 Å². The summed E-state index contributed by atoms with van der Waals surface area (Å²) < 4.78 is 19.8. The fourth-order valence-corrected chi connectivity index (χ4v) is 2.93. The Morgan fingerprint density at radius 2 is 2.08 bits per heavy atom. The van der Waals surface area contributed by atoms with Crippen LogP contribution in [0.4, 0.5) is 10.1 Å². The van der Waals surface area contributed by atoms with Crippen LogP contribution in [0.3, 0.4) is 0 Å². The molecule has 1 aromatic heterocycles. The van der Waals surface area contributed by atoms with E-state index in [9.17, 15) is 9.18 Å². The number of hydrogen-bond acceptors (Lipinski definition) is 6. The van der Waals surface area contributed by atoms with Crippen LogP contribution in [0.15, 0.2) is 47.6 Å². The number of aromatic nitrogens is 4. The zero-order valence-corrected chi connectivity index (χ0v) is 15.1. The molecule has 0 aliphatic heterocycles. The summed E-state index contributed by atoms with van der Waals surface area (Å²) in [5.41, 5.74) is 1.15. The van der Waals surface area contributed by atoms with Gasteiger partial charge in [-0.15, -0.1) is 5.10 Å². The minimum atomic E-state index is -0.544. The molecule has 0 unspecified atom stereocenters. The molecular formula is C16H13ClFN5O2S. The van der Waals surface area contributed by atoms with E-state index < -0.39 is 5.82 Å². The van der Waals surface area contributed by atoms with Crippen molar-refractivity contribution < 1.29 is 13.9 Å². The Bertz CT molecular complexity index is 919. The maximum atomic E-state index is 13.1. The molecule has 3 aromatic rings. The summed E-state index contributed by atoms with van der Waals surface area (Å²) in [7, 11) is 1.58. The second kappa shape index (κ2) is 8.15. The van der Waals surface area contributed by atoms with Crippen LogP contribution in [0, 0.1) is 5.82 Å². The summed E-state index contributed by atoms with van der Waals surface area (Å²) >= 11 is 6.87. The van der Waals surface area contributed by atoms with E-state index in [1.165, 1.54) is 34.6 Å². The van der Waals surface area contributed by atoms with Crippen molar-refractivity contribution in [1.82, 2.24) is 20.2 Å². The molecular weight excluding hydrogens is 381 g/mol. The highest BCUT2D eigenvalue weighted by molar-refractivity contribution is 7.99. The number of rotatable bonds is 6. The van der Waals surface area contributed by atoms with Crippen molar-refractivity contribution >= 4 is 35.0 Å². The first-order valence-corrected chi connectivity index (χ1v) is 8.73. The predicted molar refractivity (Wildman–Crippen MR) is 96.5 cm³/mol. The van der Waals surface area contributed by atoms with Crippen LogP contribution in [-0.2, 0) is 4.79 Å². The third-order valence-corrected chi connectivity index (χ3v) is 4.50. The molecule has 1 N–H and O–H groups in total. The second-order valence-corrected chi connectivity index (χ2v) is 6.39. The molecule has 0 atom stereocenters. The van der Waals surface area contributed by atoms with E-state index in [0.717, 1.165) is 5.69 Å². The van der Waals surface area contributed by atoms with Crippen molar-refractivity contribution in [3.63, 3.8) is 0 Å². The molecule has 0 saturated carbocycles. The van der Waals surface area contributed by atoms with Crippen LogP contribution in [0.2, 0.25) is 5.02 Å². The van der Waals surface area contributed by atoms with Gasteiger partial charge in [-0.1, -0.05) is 23.4 Å². The molecule has 10 heteroatoms. The first kappa shape index (κ1) is 18.2. The van der Waals surface area contributed by atoms with Gasteiger partial charge in [-0.25, -0.2) is 4.39 Å². The van der Waals surface area contributed by atoms with Gasteiger partial charge in [0.25, 0.3) is 0 Å². The number of benzene rings is 2. The van der Waals surface area contributed by atoms with Gasteiger partial charge in [0.05, 0.1) is 23.6 Å². The standard InChI is InChI=1S/C16H13ClFN5O2S/c1-25-12-5-3-11(4-6-12)23-16(20-21-22-23)26-9-15(24)19-10-2-7-14(18)13(17)8-10/h2-8H,9H2,1H3,(H,19,24). The number of anilines is 1. The van der Waals surface area contributed by atoms with Crippen molar-refractivity contribution in [2.75, 3.05) is 18.2 Å². The van der Waals surface area contributed by atoms with Gasteiger partial charge in [-0.2, -0.15) is 4.68 Å². The van der Waals surface area contributed by atoms with Gasteiger partial charge in [0, 0.05) is 5.69 Å². The van der Waals surface area contributed by atoms with Gasteiger partial charge in [0.2, 0.25) is 11.1 Å². The van der Waals surface area contributed by atoms with Gasteiger partial charge < -0.3 is 10.1 Å². The fourth-order valence-electron chi connectivity index (χ4n) is 2.06. The smallest absolute Gasteiger partial charge is 0.234 e. The number of hydrogen-bond donors (Lipinski definition) is 1. The molecule has 26 heavy (non-hydrogen) atoms. The molecule has 0 aliphatic rings. The van der Waals surface area contributed by atoms with E-state index in [0.29, 0.717) is 16.6 Å². The number of carbonyl (C=O) groups excluding carboxylic acids is 1. The number of thioether (sulfide) groups is 1. The van der Waals surface area contributed by atoms with Crippen LogP contribution < -0.4 is 10.1 Å². The lowest BCUT2D eigenvalue weighted by atomic mass is 10.3. The average Bonchev–Trinajstić information content (AvgIpc) is 3.12. The van der Waals surface area contributed by atoms with Gasteiger partial charge in [-0.3, -0.25) is 4.79 Å². The lowest BCUT2D eigenvalue weighted by Crippen LogP contribution is -2.14. The summed E-state index contributed by atoms with van der Waals surface area (Å²) in [5.74, 6) is -0.0426. The molecule has 0 spiro atoms. The number of nitrogens with zero attached hydrogens (tertiary/aromatic N) is 4. The summed E-state index contributed by atoms with van der Waals surface area (Å²) in [5, 5.41) is 14.5. The van der Waals surface area contributed by atoms with E-state index in [2.05, 4.69) is 20.8 Å². The maximum absolute atomic E-state index is 13.1. The molecule has 0 fully saturated rings. The van der Waals surface area contributed by atoms with Gasteiger partial charge >= 0.3 is 0 Å². The van der Waals surface area contributed by atoms with Crippen molar-refractivity contribution in [2.24, 2.45) is 0 Å². The lowest BCUT2D eigenvalue weighted by Gasteiger charge is -2.07. The van der Waals surface area contributed by atoms with Gasteiger partial charge in [0.1, 0.15) is 11.6 Å². The molecule has 0 saturated heterocycles.